The molecule has 5 rings (SSSR count). The largest absolute Gasteiger partial charge is 0.270 e. The molecular formula is C30H45NS. The first kappa shape index (κ1) is 23.0. The van der Waals surface area contributed by atoms with Crippen molar-refractivity contribution >= 4 is 16.8 Å². The van der Waals surface area contributed by atoms with Gasteiger partial charge in [-0.1, -0.05) is 79.0 Å². The molecule has 0 aromatic heterocycles. The number of fused-ring (bicyclic) bond motifs is 2. The summed E-state index contributed by atoms with van der Waals surface area (Å²) in [5, 5.41) is 2.22. The van der Waals surface area contributed by atoms with Gasteiger partial charge in [0.1, 0.15) is 5.54 Å². The maximum absolute atomic E-state index is 5.54. The second-order valence-electron chi connectivity index (χ2n) is 13.0. The van der Waals surface area contributed by atoms with Crippen LogP contribution in [0.3, 0.4) is 0 Å². The average Bonchev–Trinajstić information content (AvgIpc) is 3.41. The molecule has 5 unspecified atom stereocenters. The van der Waals surface area contributed by atoms with Crippen molar-refractivity contribution in [2.75, 3.05) is 0 Å². The predicted molar refractivity (Wildman–Crippen MR) is 141 cm³/mol. The van der Waals surface area contributed by atoms with E-state index in [1.165, 1.54) is 74.8 Å². The van der Waals surface area contributed by atoms with Crippen LogP contribution in [0.2, 0.25) is 0 Å². The highest BCUT2D eigenvalue weighted by Gasteiger charge is 2.61. The molecule has 176 valence electrons. The molecule has 0 amide bonds. The van der Waals surface area contributed by atoms with Gasteiger partial charge in [0, 0.05) is 11.2 Å². The molecule has 0 radical (unpaired) electrons. The van der Waals surface area contributed by atoms with Gasteiger partial charge >= 0.3 is 0 Å². The van der Waals surface area contributed by atoms with Crippen molar-refractivity contribution in [2.45, 2.75) is 127 Å². The van der Waals surface area contributed by atoms with E-state index in [9.17, 15) is 0 Å². The molecule has 32 heavy (non-hydrogen) atoms. The Morgan fingerprint density at radius 3 is 2.50 bits per heavy atom. The van der Waals surface area contributed by atoms with Crippen molar-refractivity contribution in [1.29, 1.82) is 0 Å². The van der Waals surface area contributed by atoms with Crippen LogP contribution in [-0.4, -0.2) is 10.3 Å². The van der Waals surface area contributed by atoms with E-state index < -0.39 is 0 Å². The number of aliphatic imine (C=N–C) groups is 1. The van der Waals surface area contributed by atoms with Gasteiger partial charge in [0.2, 0.25) is 0 Å². The lowest BCUT2D eigenvalue weighted by molar-refractivity contribution is 0.331. The minimum absolute atomic E-state index is 0.106. The highest BCUT2D eigenvalue weighted by molar-refractivity contribution is 8.15. The van der Waals surface area contributed by atoms with Crippen molar-refractivity contribution in [2.24, 2.45) is 22.7 Å². The second kappa shape index (κ2) is 8.17. The van der Waals surface area contributed by atoms with Gasteiger partial charge in [0.05, 0.1) is 5.04 Å². The monoisotopic (exact) mass is 451 g/mol. The van der Waals surface area contributed by atoms with E-state index in [1.54, 1.807) is 11.1 Å². The van der Waals surface area contributed by atoms with Gasteiger partial charge < -0.3 is 0 Å². The van der Waals surface area contributed by atoms with Gasteiger partial charge in [-0.3, -0.25) is 4.99 Å². The van der Waals surface area contributed by atoms with Gasteiger partial charge in [0.15, 0.2) is 0 Å². The number of thioether (sulfide) groups is 1. The molecule has 5 atom stereocenters. The van der Waals surface area contributed by atoms with E-state index in [2.05, 4.69) is 71.5 Å². The summed E-state index contributed by atoms with van der Waals surface area (Å²) in [7, 11) is 0. The summed E-state index contributed by atoms with van der Waals surface area (Å²) in [4.78, 5) is 5.54. The number of nitrogens with zero attached hydrogens (tertiary/aromatic N) is 1. The Kier molecular flexibility index (Phi) is 5.88. The lowest BCUT2D eigenvalue weighted by atomic mass is 9.63. The Labute approximate surface area is 201 Å². The van der Waals surface area contributed by atoms with E-state index in [0.717, 1.165) is 17.8 Å². The fourth-order valence-corrected chi connectivity index (χ4v) is 8.52. The Morgan fingerprint density at radius 2 is 1.75 bits per heavy atom. The zero-order valence-electron chi connectivity index (χ0n) is 21.5. The van der Waals surface area contributed by atoms with Crippen LogP contribution >= 0.6 is 11.8 Å². The van der Waals surface area contributed by atoms with Crippen LogP contribution in [0.1, 0.15) is 122 Å². The third kappa shape index (κ3) is 4.01. The zero-order valence-corrected chi connectivity index (χ0v) is 22.3. The Morgan fingerprint density at radius 1 is 1.00 bits per heavy atom. The summed E-state index contributed by atoms with van der Waals surface area (Å²) in [6, 6.07) is 7.50. The van der Waals surface area contributed by atoms with E-state index in [-0.39, 0.29) is 11.0 Å². The third-order valence-electron chi connectivity index (χ3n) is 9.66. The van der Waals surface area contributed by atoms with E-state index in [1.807, 2.05) is 0 Å². The van der Waals surface area contributed by atoms with Crippen LogP contribution in [0.25, 0.3) is 0 Å². The maximum atomic E-state index is 5.54. The predicted octanol–water partition coefficient (Wildman–Crippen LogP) is 8.78. The van der Waals surface area contributed by atoms with Crippen LogP contribution < -0.4 is 0 Å². The SMILES string of the molecule is CCC(C)CC1CCCC(C2=NC3(c4ccc5c(c4)C(C)(C)CCC5(C)C)CC3S2)CC1. The van der Waals surface area contributed by atoms with Crippen molar-refractivity contribution in [3.8, 4) is 0 Å². The zero-order chi connectivity index (χ0) is 22.7. The van der Waals surface area contributed by atoms with Crippen molar-refractivity contribution in [3.05, 3.63) is 34.9 Å². The molecule has 1 heterocycles. The quantitative estimate of drug-likeness (QED) is 0.407. The van der Waals surface area contributed by atoms with Gasteiger partial charge in [0.25, 0.3) is 0 Å². The van der Waals surface area contributed by atoms with Gasteiger partial charge in [-0.05, 0) is 84.3 Å². The first-order valence-electron chi connectivity index (χ1n) is 13.6. The van der Waals surface area contributed by atoms with Gasteiger partial charge in [-0.2, -0.15) is 0 Å². The Bertz CT molecular complexity index is 896. The lowest BCUT2D eigenvalue weighted by Crippen LogP contribution is -2.34. The third-order valence-corrected chi connectivity index (χ3v) is 11.2. The summed E-state index contributed by atoms with van der Waals surface area (Å²) in [5.41, 5.74) is 5.38. The maximum Gasteiger partial charge on any atom is 0.100 e. The molecule has 2 saturated carbocycles. The molecule has 2 heteroatoms. The molecule has 0 N–H and O–H groups in total. The van der Waals surface area contributed by atoms with Gasteiger partial charge in [-0.25, -0.2) is 0 Å². The van der Waals surface area contributed by atoms with Crippen LogP contribution in [0.15, 0.2) is 23.2 Å². The standard InChI is InChI=1S/C30H45NS/c1-7-20(2)17-21-9-8-10-22(12-11-21)27-31-30(19-26(30)32-27)23-13-14-24-25(18-23)29(5,6)16-15-28(24,3)4/h13-14,18,20-22,26H,7-12,15-17,19H2,1-6H3. The number of hydrogen-bond acceptors (Lipinski definition) is 2. The average molecular weight is 452 g/mol. The number of benzene rings is 1. The molecule has 1 aliphatic heterocycles. The summed E-state index contributed by atoms with van der Waals surface area (Å²) in [6.45, 7) is 14.6. The van der Waals surface area contributed by atoms with Crippen LogP contribution in [0.4, 0.5) is 0 Å². The molecule has 0 saturated heterocycles. The minimum atomic E-state index is 0.106. The minimum Gasteiger partial charge on any atom is -0.270 e. The first-order valence-corrected chi connectivity index (χ1v) is 14.4. The molecular weight excluding hydrogens is 406 g/mol. The normalized spacial score (nSPS) is 35.9. The van der Waals surface area contributed by atoms with E-state index >= 15 is 0 Å². The van der Waals surface area contributed by atoms with Crippen LogP contribution in [0, 0.1) is 17.8 Å². The lowest BCUT2D eigenvalue weighted by Gasteiger charge is -2.42. The molecule has 0 bridgehead atoms. The molecule has 1 aromatic carbocycles. The Balaban J connectivity index is 1.35. The number of rotatable bonds is 5. The molecule has 0 spiro atoms. The highest BCUT2D eigenvalue weighted by atomic mass is 32.2. The van der Waals surface area contributed by atoms with Gasteiger partial charge in [-0.15, -0.1) is 11.8 Å². The van der Waals surface area contributed by atoms with Crippen molar-refractivity contribution in [3.63, 3.8) is 0 Å². The van der Waals surface area contributed by atoms with Crippen molar-refractivity contribution < 1.29 is 0 Å². The summed E-state index contributed by atoms with van der Waals surface area (Å²) in [5.74, 6) is 2.58. The topological polar surface area (TPSA) is 12.4 Å². The number of hydrogen-bond donors (Lipinski definition) is 0. The molecule has 1 nitrogen and oxygen atoms in total. The summed E-state index contributed by atoms with van der Waals surface area (Å²) < 4.78 is 0. The van der Waals surface area contributed by atoms with Crippen molar-refractivity contribution in [1.82, 2.24) is 0 Å². The van der Waals surface area contributed by atoms with Crippen LogP contribution in [0.5, 0.6) is 0 Å². The smallest absolute Gasteiger partial charge is 0.100 e. The summed E-state index contributed by atoms with van der Waals surface area (Å²) >= 11 is 2.16. The van der Waals surface area contributed by atoms with E-state index in [0.29, 0.717) is 10.7 Å². The Hall–Kier alpha value is -0.760. The highest BCUT2D eigenvalue weighted by Crippen LogP contribution is 2.63. The second-order valence-corrected chi connectivity index (χ2v) is 14.3. The molecule has 3 aliphatic carbocycles. The van der Waals surface area contributed by atoms with E-state index in [4.69, 9.17) is 4.99 Å². The first-order chi connectivity index (χ1) is 15.1. The van der Waals surface area contributed by atoms with Crippen LogP contribution in [-0.2, 0) is 16.4 Å². The molecule has 1 aromatic rings. The fraction of sp³-hybridized carbons (Fsp3) is 0.767. The molecule has 4 aliphatic rings. The fourth-order valence-electron chi connectivity index (χ4n) is 6.86. The summed E-state index contributed by atoms with van der Waals surface area (Å²) in [6.07, 6.45) is 13.6. The molecule has 2 fully saturated rings.